The van der Waals surface area contributed by atoms with E-state index in [1.54, 1.807) is 6.07 Å². The SMILES string of the molecule is FC(F)(F)c1cc(I)ccc1-c1ccc(Cl)cc1Cl. The van der Waals surface area contributed by atoms with Gasteiger partial charge in [-0.25, -0.2) is 0 Å². The minimum atomic E-state index is -4.43. The molecule has 0 atom stereocenters. The highest BCUT2D eigenvalue weighted by Gasteiger charge is 2.34. The van der Waals surface area contributed by atoms with Crippen molar-refractivity contribution in [1.82, 2.24) is 0 Å². The quantitative estimate of drug-likeness (QED) is 0.479. The lowest BCUT2D eigenvalue weighted by Crippen LogP contribution is -2.07. The van der Waals surface area contributed by atoms with Crippen molar-refractivity contribution in [1.29, 1.82) is 0 Å². The summed E-state index contributed by atoms with van der Waals surface area (Å²) in [6.45, 7) is 0. The van der Waals surface area contributed by atoms with Gasteiger partial charge in [-0.2, -0.15) is 13.2 Å². The van der Waals surface area contributed by atoms with Gasteiger partial charge in [0.25, 0.3) is 0 Å². The average molecular weight is 417 g/mol. The van der Waals surface area contributed by atoms with Crippen molar-refractivity contribution >= 4 is 45.8 Å². The van der Waals surface area contributed by atoms with Gasteiger partial charge in [0.1, 0.15) is 0 Å². The van der Waals surface area contributed by atoms with E-state index in [4.69, 9.17) is 23.2 Å². The van der Waals surface area contributed by atoms with Crippen LogP contribution in [-0.4, -0.2) is 0 Å². The Morgan fingerprint density at radius 1 is 0.895 bits per heavy atom. The van der Waals surface area contributed by atoms with Crippen molar-refractivity contribution in [2.24, 2.45) is 0 Å². The van der Waals surface area contributed by atoms with Gasteiger partial charge in [-0.05, 0) is 52.4 Å². The minimum absolute atomic E-state index is 0.0505. The molecule has 0 amide bonds. The first-order chi connectivity index (χ1) is 8.79. The molecule has 0 heterocycles. The standard InChI is InChI=1S/C13H6Cl2F3I/c14-7-1-3-10(12(15)5-7)9-4-2-8(19)6-11(9)13(16,17)18/h1-6H. The zero-order chi connectivity index (χ0) is 14.2. The lowest BCUT2D eigenvalue weighted by atomic mass is 9.99. The Morgan fingerprint density at radius 3 is 2.11 bits per heavy atom. The second-order valence-electron chi connectivity index (χ2n) is 3.81. The zero-order valence-electron chi connectivity index (χ0n) is 9.23. The van der Waals surface area contributed by atoms with Crippen LogP contribution in [0.1, 0.15) is 5.56 Å². The van der Waals surface area contributed by atoms with Gasteiger partial charge in [-0.15, -0.1) is 0 Å². The van der Waals surface area contributed by atoms with E-state index >= 15 is 0 Å². The number of benzene rings is 2. The highest BCUT2D eigenvalue weighted by atomic mass is 127. The van der Waals surface area contributed by atoms with Gasteiger partial charge in [0.2, 0.25) is 0 Å². The molecule has 0 unspecified atom stereocenters. The predicted octanol–water partition coefficient (Wildman–Crippen LogP) is 6.28. The highest BCUT2D eigenvalue weighted by molar-refractivity contribution is 14.1. The Labute approximate surface area is 131 Å². The second kappa shape index (κ2) is 5.50. The third kappa shape index (κ3) is 3.35. The van der Waals surface area contributed by atoms with Crippen LogP contribution in [0.4, 0.5) is 13.2 Å². The molecular weight excluding hydrogens is 411 g/mol. The van der Waals surface area contributed by atoms with Gasteiger partial charge in [-0.1, -0.05) is 35.3 Å². The van der Waals surface area contributed by atoms with E-state index in [1.807, 2.05) is 22.6 Å². The molecule has 0 saturated heterocycles. The summed E-state index contributed by atoms with van der Waals surface area (Å²) < 4.78 is 39.7. The smallest absolute Gasteiger partial charge is 0.166 e. The van der Waals surface area contributed by atoms with Gasteiger partial charge in [0, 0.05) is 19.2 Å². The average Bonchev–Trinajstić information content (AvgIpc) is 2.28. The number of hydrogen-bond donors (Lipinski definition) is 0. The largest absolute Gasteiger partial charge is 0.417 e. The molecule has 0 radical (unpaired) electrons. The summed E-state index contributed by atoms with van der Waals surface area (Å²) in [5, 5.41) is 0.576. The lowest BCUT2D eigenvalue weighted by Gasteiger charge is -2.14. The van der Waals surface area contributed by atoms with E-state index in [0.29, 0.717) is 14.2 Å². The van der Waals surface area contributed by atoms with Crippen LogP contribution in [-0.2, 0) is 6.18 Å². The number of rotatable bonds is 1. The van der Waals surface area contributed by atoms with Crippen molar-refractivity contribution in [2.45, 2.75) is 6.18 Å². The Balaban J connectivity index is 2.68. The molecule has 100 valence electrons. The summed E-state index contributed by atoms with van der Waals surface area (Å²) in [5.74, 6) is 0. The van der Waals surface area contributed by atoms with Crippen LogP contribution in [0.3, 0.4) is 0 Å². The van der Waals surface area contributed by atoms with Crippen molar-refractivity contribution < 1.29 is 13.2 Å². The summed E-state index contributed by atoms with van der Waals surface area (Å²) in [6.07, 6.45) is -4.43. The summed E-state index contributed by atoms with van der Waals surface area (Å²) in [5.41, 5.74) is -0.340. The number of halogens is 6. The van der Waals surface area contributed by atoms with Gasteiger partial charge in [0.05, 0.1) is 5.56 Å². The lowest BCUT2D eigenvalue weighted by molar-refractivity contribution is -0.137. The van der Waals surface area contributed by atoms with Crippen molar-refractivity contribution in [3.8, 4) is 11.1 Å². The molecule has 0 aliphatic carbocycles. The molecule has 0 saturated carbocycles. The summed E-state index contributed by atoms with van der Waals surface area (Å²) in [6, 6.07) is 8.55. The van der Waals surface area contributed by atoms with E-state index in [9.17, 15) is 13.2 Å². The molecule has 0 aliphatic rings. The van der Waals surface area contributed by atoms with Crippen LogP contribution >= 0.6 is 45.8 Å². The third-order valence-electron chi connectivity index (χ3n) is 2.51. The zero-order valence-corrected chi connectivity index (χ0v) is 12.9. The maximum Gasteiger partial charge on any atom is 0.417 e. The van der Waals surface area contributed by atoms with Crippen molar-refractivity contribution in [3.05, 3.63) is 55.6 Å². The molecule has 19 heavy (non-hydrogen) atoms. The Bertz CT molecular complexity index is 624. The van der Waals surface area contributed by atoms with Crippen molar-refractivity contribution in [2.75, 3.05) is 0 Å². The van der Waals surface area contributed by atoms with Crippen LogP contribution < -0.4 is 0 Å². The first kappa shape index (κ1) is 14.9. The maximum absolute atomic E-state index is 13.1. The normalized spacial score (nSPS) is 11.7. The summed E-state index contributed by atoms with van der Waals surface area (Å²) >= 11 is 13.6. The second-order valence-corrected chi connectivity index (χ2v) is 5.90. The van der Waals surface area contributed by atoms with E-state index in [-0.39, 0.29) is 10.6 Å². The monoisotopic (exact) mass is 416 g/mol. The molecule has 0 aliphatic heterocycles. The van der Waals surface area contributed by atoms with Crippen LogP contribution in [0.25, 0.3) is 11.1 Å². The number of hydrogen-bond acceptors (Lipinski definition) is 0. The Hall–Kier alpha value is -0.460. The summed E-state index contributed by atoms with van der Waals surface area (Å²) in [4.78, 5) is 0. The first-order valence-corrected chi connectivity index (χ1v) is 6.94. The Morgan fingerprint density at radius 2 is 1.53 bits per heavy atom. The minimum Gasteiger partial charge on any atom is -0.166 e. The molecule has 2 aromatic carbocycles. The summed E-state index contributed by atoms with van der Waals surface area (Å²) in [7, 11) is 0. The van der Waals surface area contributed by atoms with Gasteiger partial charge < -0.3 is 0 Å². The van der Waals surface area contributed by atoms with Gasteiger partial charge >= 0.3 is 6.18 Å². The van der Waals surface area contributed by atoms with E-state index in [0.717, 1.165) is 6.07 Å². The maximum atomic E-state index is 13.1. The molecular formula is C13H6Cl2F3I. The van der Waals surface area contributed by atoms with E-state index < -0.39 is 11.7 Å². The first-order valence-electron chi connectivity index (χ1n) is 5.11. The molecule has 0 fully saturated rings. The predicted molar refractivity (Wildman–Crippen MR) is 79.6 cm³/mol. The fourth-order valence-corrected chi connectivity index (χ4v) is 2.70. The van der Waals surface area contributed by atoms with E-state index in [2.05, 4.69) is 0 Å². The molecule has 6 heteroatoms. The van der Waals surface area contributed by atoms with Crippen LogP contribution in [0.15, 0.2) is 36.4 Å². The number of alkyl halides is 3. The van der Waals surface area contributed by atoms with E-state index in [1.165, 1.54) is 24.3 Å². The van der Waals surface area contributed by atoms with Crippen LogP contribution in [0.2, 0.25) is 10.0 Å². The Kier molecular flexibility index (Phi) is 4.32. The fraction of sp³-hybridized carbons (Fsp3) is 0.0769. The molecule has 0 aromatic heterocycles. The third-order valence-corrected chi connectivity index (χ3v) is 3.73. The van der Waals surface area contributed by atoms with Crippen molar-refractivity contribution in [3.63, 3.8) is 0 Å². The topological polar surface area (TPSA) is 0 Å². The molecule has 0 N–H and O–H groups in total. The fourth-order valence-electron chi connectivity index (χ4n) is 1.69. The van der Waals surface area contributed by atoms with Crippen LogP contribution in [0, 0.1) is 3.57 Å². The van der Waals surface area contributed by atoms with Gasteiger partial charge in [-0.3, -0.25) is 0 Å². The molecule has 2 aromatic rings. The highest BCUT2D eigenvalue weighted by Crippen LogP contribution is 2.40. The molecule has 0 spiro atoms. The van der Waals surface area contributed by atoms with Crippen LogP contribution in [0.5, 0.6) is 0 Å². The molecule has 2 rings (SSSR count). The molecule has 0 bridgehead atoms. The molecule has 0 nitrogen and oxygen atoms in total. The van der Waals surface area contributed by atoms with Gasteiger partial charge in [0.15, 0.2) is 0 Å².